The second kappa shape index (κ2) is 12.3. The van der Waals surface area contributed by atoms with Gasteiger partial charge in [0.1, 0.15) is 6.04 Å². The summed E-state index contributed by atoms with van der Waals surface area (Å²) in [6.45, 7) is 7.42. The molecule has 0 aromatic heterocycles. The van der Waals surface area contributed by atoms with Gasteiger partial charge in [-0.25, -0.2) is 17.2 Å². The number of benzene rings is 2. The van der Waals surface area contributed by atoms with E-state index in [9.17, 15) is 26.8 Å². The van der Waals surface area contributed by atoms with Gasteiger partial charge in [0.15, 0.2) is 11.6 Å². The van der Waals surface area contributed by atoms with Crippen LogP contribution in [0.2, 0.25) is 0 Å². The average molecular weight is 524 g/mol. The zero-order valence-corrected chi connectivity index (χ0v) is 22.2. The van der Waals surface area contributed by atoms with E-state index in [0.717, 1.165) is 28.3 Å². The molecule has 0 bridgehead atoms. The van der Waals surface area contributed by atoms with Gasteiger partial charge in [-0.05, 0) is 58.2 Å². The van der Waals surface area contributed by atoms with Crippen LogP contribution in [0.5, 0.6) is 0 Å². The van der Waals surface area contributed by atoms with Crippen molar-refractivity contribution < 1.29 is 26.8 Å². The molecule has 7 nitrogen and oxygen atoms in total. The SMILES string of the molecule is C[C@@H](C(=O)NC(C)(C)C)N(CCc1ccccc1)C(=O)CCCN(c1ccc(F)c(F)c1)S(C)(=O)=O. The number of nitrogens with one attached hydrogen (secondary N) is 1. The standard InChI is InChI=1S/C26H35F2N3O4S/c1-19(25(33)29-26(2,3)4)30(17-15-20-10-7-6-8-11-20)24(32)12-9-16-31(36(5,34)35)21-13-14-22(27)23(28)18-21/h6-8,10-11,13-14,18-19H,9,12,15-17H2,1-5H3,(H,29,33)/t19-/m0/s1. The van der Waals surface area contributed by atoms with Crippen molar-refractivity contribution in [2.24, 2.45) is 0 Å². The number of carbonyl (C=O) groups is 2. The van der Waals surface area contributed by atoms with E-state index in [2.05, 4.69) is 5.32 Å². The van der Waals surface area contributed by atoms with E-state index in [1.54, 1.807) is 6.92 Å². The van der Waals surface area contributed by atoms with Crippen LogP contribution in [-0.4, -0.2) is 56.1 Å². The summed E-state index contributed by atoms with van der Waals surface area (Å²) in [7, 11) is -3.81. The molecule has 10 heteroatoms. The van der Waals surface area contributed by atoms with Crippen molar-refractivity contribution in [3.63, 3.8) is 0 Å². The number of nitrogens with zero attached hydrogens (tertiary/aromatic N) is 2. The maximum atomic E-state index is 13.7. The monoisotopic (exact) mass is 523 g/mol. The van der Waals surface area contributed by atoms with Crippen LogP contribution in [-0.2, 0) is 26.0 Å². The Morgan fingerprint density at radius 1 is 1.00 bits per heavy atom. The number of carbonyl (C=O) groups excluding carboxylic acids is 2. The first kappa shape index (κ1) is 29.2. The molecule has 0 aliphatic carbocycles. The summed E-state index contributed by atoms with van der Waals surface area (Å²) < 4.78 is 52.5. The van der Waals surface area contributed by atoms with Crippen LogP contribution in [0.25, 0.3) is 0 Å². The van der Waals surface area contributed by atoms with Crippen LogP contribution < -0.4 is 9.62 Å². The first-order valence-electron chi connectivity index (χ1n) is 11.8. The van der Waals surface area contributed by atoms with E-state index >= 15 is 0 Å². The molecule has 0 saturated carbocycles. The molecule has 198 valence electrons. The molecule has 2 aromatic rings. The number of anilines is 1. The van der Waals surface area contributed by atoms with E-state index in [0.29, 0.717) is 13.0 Å². The number of sulfonamides is 1. The van der Waals surface area contributed by atoms with E-state index in [4.69, 9.17) is 0 Å². The second-order valence-electron chi connectivity index (χ2n) is 9.78. The van der Waals surface area contributed by atoms with Crippen LogP contribution in [0.15, 0.2) is 48.5 Å². The van der Waals surface area contributed by atoms with Crippen molar-refractivity contribution in [2.75, 3.05) is 23.7 Å². The predicted octanol–water partition coefficient (Wildman–Crippen LogP) is 3.89. The van der Waals surface area contributed by atoms with Crippen molar-refractivity contribution in [3.05, 3.63) is 65.7 Å². The highest BCUT2D eigenvalue weighted by atomic mass is 32.2. The molecule has 0 saturated heterocycles. The van der Waals surface area contributed by atoms with Gasteiger partial charge in [0.05, 0.1) is 11.9 Å². The molecular weight excluding hydrogens is 488 g/mol. The summed E-state index contributed by atoms with van der Waals surface area (Å²) in [5, 5.41) is 2.89. The van der Waals surface area contributed by atoms with Crippen LogP contribution in [0.3, 0.4) is 0 Å². The highest BCUT2D eigenvalue weighted by Crippen LogP contribution is 2.21. The van der Waals surface area contributed by atoms with Crippen LogP contribution >= 0.6 is 0 Å². The Kier molecular flexibility index (Phi) is 9.98. The summed E-state index contributed by atoms with van der Waals surface area (Å²) in [5.41, 5.74) is 0.517. The molecule has 0 radical (unpaired) electrons. The second-order valence-corrected chi connectivity index (χ2v) is 11.7. The zero-order valence-electron chi connectivity index (χ0n) is 21.4. The third-order valence-corrected chi connectivity index (χ3v) is 6.69. The fourth-order valence-corrected chi connectivity index (χ4v) is 4.65. The minimum Gasteiger partial charge on any atom is -0.350 e. The van der Waals surface area contributed by atoms with Crippen molar-refractivity contribution in [3.8, 4) is 0 Å². The number of amides is 2. The Balaban J connectivity index is 2.14. The van der Waals surface area contributed by atoms with Crippen LogP contribution in [0.4, 0.5) is 14.5 Å². The normalized spacial score (nSPS) is 12.6. The molecule has 0 fully saturated rings. The molecular formula is C26H35F2N3O4S. The first-order valence-corrected chi connectivity index (χ1v) is 13.6. The third kappa shape index (κ3) is 8.89. The van der Waals surface area contributed by atoms with Gasteiger partial charge in [0.2, 0.25) is 21.8 Å². The fourth-order valence-electron chi connectivity index (χ4n) is 3.69. The smallest absolute Gasteiger partial charge is 0.242 e. The van der Waals surface area contributed by atoms with Gasteiger partial charge in [-0.1, -0.05) is 30.3 Å². The lowest BCUT2D eigenvalue weighted by molar-refractivity contribution is -0.140. The molecule has 1 N–H and O–H groups in total. The number of hydrogen-bond donors (Lipinski definition) is 1. The molecule has 0 unspecified atom stereocenters. The van der Waals surface area contributed by atoms with E-state index in [-0.39, 0.29) is 36.9 Å². The zero-order chi connectivity index (χ0) is 27.1. The highest BCUT2D eigenvalue weighted by Gasteiger charge is 2.28. The third-order valence-electron chi connectivity index (χ3n) is 5.49. The summed E-state index contributed by atoms with van der Waals surface area (Å²) >= 11 is 0. The van der Waals surface area contributed by atoms with Crippen LogP contribution in [0.1, 0.15) is 46.1 Å². The maximum Gasteiger partial charge on any atom is 0.242 e. The number of hydrogen-bond acceptors (Lipinski definition) is 4. The summed E-state index contributed by atoms with van der Waals surface area (Å²) in [4.78, 5) is 27.5. The quantitative estimate of drug-likeness (QED) is 0.484. The summed E-state index contributed by atoms with van der Waals surface area (Å²) in [6, 6.07) is 11.7. The number of rotatable bonds is 11. The van der Waals surface area contributed by atoms with Gasteiger partial charge in [-0.2, -0.15) is 0 Å². The van der Waals surface area contributed by atoms with E-state index in [1.165, 1.54) is 11.0 Å². The van der Waals surface area contributed by atoms with Gasteiger partial charge >= 0.3 is 0 Å². The molecule has 2 aromatic carbocycles. The number of halogens is 2. The fraction of sp³-hybridized carbons (Fsp3) is 0.462. The van der Waals surface area contributed by atoms with Crippen molar-refractivity contribution in [1.82, 2.24) is 10.2 Å². The molecule has 0 aliphatic rings. The average Bonchev–Trinajstić information content (AvgIpc) is 2.77. The molecule has 1 atom stereocenters. The first-order chi connectivity index (χ1) is 16.7. The predicted molar refractivity (Wildman–Crippen MR) is 137 cm³/mol. The van der Waals surface area contributed by atoms with Crippen molar-refractivity contribution in [1.29, 1.82) is 0 Å². The Bertz CT molecular complexity index is 1150. The lowest BCUT2D eigenvalue weighted by Gasteiger charge is -2.32. The lowest BCUT2D eigenvalue weighted by atomic mass is 10.1. The summed E-state index contributed by atoms with van der Waals surface area (Å²) in [6.07, 6.45) is 1.60. The lowest BCUT2D eigenvalue weighted by Crippen LogP contribution is -2.53. The molecule has 0 aliphatic heterocycles. The molecule has 2 rings (SSSR count). The van der Waals surface area contributed by atoms with Crippen molar-refractivity contribution in [2.45, 2.75) is 58.5 Å². The molecule has 36 heavy (non-hydrogen) atoms. The van der Waals surface area contributed by atoms with Gasteiger partial charge in [0.25, 0.3) is 0 Å². The van der Waals surface area contributed by atoms with Gasteiger partial charge < -0.3 is 10.2 Å². The minimum atomic E-state index is -3.81. The topological polar surface area (TPSA) is 86.8 Å². The minimum absolute atomic E-state index is 0.0253. The Labute approximate surface area is 212 Å². The van der Waals surface area contributed by atoms with Crippen molar-refractivity contribution >= 4 is 27.5 Å². The Morgan fingerprint density at radius 2 is 1.64 bits per heavy atom. The largest absolute Gasteiger partial charge is 0.350 e. The van der Waals surface area contributed by atoms with Crippen LogP contribution in [0, 0.1) is 11.6 Å². The molecule has 2 amide bonds. The van der Waals surface area contributed by atoms with Gasteiger partial charge in [-0.3, -0.25) is 13.9 Å². The van der Waals surface area contributed by atoms with Gasteiger partial charge in [0, 0.05) is 31.1 Å². The van der Waals surface area contributed by atoms with E-state index < -0.39 is 33.2 Å². The van der Waals surface area contributed by atoms with Gasteiger partial charge in [-0.15, -0.1) is 0 Å². The van der Waals surface area contributed by atoms with E-state index in [1.807, 2.05) is 51.1 Å². The maximum absolute atomic E-state index is 13.7. The summed E-state index contributed by atoms with van der Waals surface area (Å²) in [5.74, 6) is -2.84. The highest BCUT2D eigenvalue weighted by molar-refractivity contribution is 7.92. The Morgan fingerprint density at radius 3 is 2.19 bits per heavy atom. The Hall–Kier alpha value is -3.01. The molecule has 0 heterocycles. The molecule has 0 spiro atoms.